The first-order valence-electron chi connectivity index (χ1n) is 8.16. The van der Waals surface area contributed by atoms with Crippen molar-refractivity contribution < 1.29 is 19.8 Å². The Morgan fingerprint density at radius 2 is 1.92 bits per heavy atom. The number of hydrogen-bond donors (Lipinski definition) is 3. The molecule has 24 heavy (non-hydrogen) atoms. The molecular formula is C18H24N2O4. The standard InChI is InChI=1S/C18H24N2O4/c1-3-13-4-6-14(7-5-13)16-15(12(2)22)17(23)18(24)20(16)10-8-19-9-11-21/h4-7,16,19,21,23H,3,8-11H2,1-2H3/t16-/m0/s1. The number of nitrogens with zero attached hydrogens (tertiary/aromatic N) is 1. The number of ketones is 1. The van der Waals surface area contributed by atoms with Crippen LogP contribution in [0.2, 0.25) is 0 Å². The van der Waals surface area contributed by atoms with Gasteiger partial charge in [0.25, 0.3) is 5.91 Å². The van der Waals surface area contributed by atoms with E-state index in [4.69, 9.17) is 5.11 Å². The van der Waals surface area contributed by atoms with Crippen LogP contribution in [0, 0.1) is 0 Å². The Kier molecular flexibility index (Phi) is 6.11. The van der Waals surface area contributed by atoms with Crippen molar-refractivity contribution >= 4 is 11.7 Å². The van der Waals surface area contributed by atoms with Crippen LogP contribution in [0.15, 0.2) is 35.6 Å². The van der Waals surface area contributed by atoms with Crippen LogP contribution in [0.1, 0.15) is 31.0 Å². The number of aliphatic hydroxyl groups is 2. The quantitative estimate of drug-likeness (QED) is 0.621. The van der Waals surface area contributed by atoms with E-state index < -0.39 is 17.7 Å². The van der Waals surface area contributed by atoms with Crippen molar-refractivity contribution in [1.29, 1.82) is 0 Å². The van der Waals surface area contributed by atoms with Crippen molar-refractivity contribution in [2.75, 3.05) is 26.2 Å². The van der Waals surface area contributed by atoms with E-state index in [0.717, 1.165) is 17.5 Å². The van der Waals surface area contributed by atoms with Gasteiger partial charge in [0, 0.05) is 19.6 Å². The lowest BCUT2D eigenvalue weighted by atomic mass is 9.95. The summed E-state index contributed by atoms with van der Waals surface area (Å²) in [5, 5.41) is 22.0. The fraction of sp³-hybridized carbons (Fsp3) is 0.444. The molecule has 6 heteroatoms. The molecule has 0 spiro atoms. The zero-order valence-corrected chi connectivity index (χ0v) is 14.1. The van der Waals surface area contributed by atoms with Gasteiger partial charge in [-0.1, -0.05) is 31.2 Å². The maximum absolute atomic E-state index is 12.4. The number of carbonyl (C=O) groups is 2. The SMILES string of the molecule is CCc1ccc([C@H]2C(C(C)=O)=C(O)C(=O)N2CCNCCO)cc1. The van der Waals surface area contributed by atoms with Gasteiger partial charge in [-0.15, -0.1) is 0 Å². The van der Waals surface area contributed by atoms with E-state index in [9.17, 15) is 14.7 Å². The molecule has 0 aromatic heterocycles. The predicted octanol–water partition coefficient (Wildman–Crippen LogP) is 1.12. The molecule has 1 aliphatic heterocycles. The minimum atomic E-state index is -0.572. The summed E-state index contributed by atoms with van der Waals surface area (Å²) in [5.41, 5.74) is 2.11. The lowest BCUT2D eigenvalue weighted by Gasteiger charge is -2.26. The molecule has 0 unspecified atom stereocenters. The number of hydrogen-bond acceptors (Lipinski definition) is 5. The third-order valence-corrected chi connectivity index (χ3v) is 4.20. The Hall–Kier alpha value is -2.18. The van der Waals surface area contributed by atoms with Gasteiger partial charge in [-0.05, 0) is 24.5 Å². The van der Waals surface area contributed by atoms with Crippen molar-refractivity contribution in [3.63, 3.8) is 0 Å². The predicted molar refractivity (Wildman–Crippen MR) is 90.6 cm³/mol. The van der Waals surface area contributed by atoms with Gasteiger partial charge in [-0.25, -0.2) is 0 Å². The summed E-state index contributed by atoms with van der Waals surface area (Å²) in [6.07, 6.45) is 0.902. The van der Waals surface area contributed by atoms with Crippen LogP contribution >= 0.6 is 0 Å². The highest BCUT2D eigenvalue weighted by molar-refractivity contribution is 6.08. The monoisotopic (exact) mass is 332 g/mol. The van der Waals surface area contributed by atoms with Gasteiger partial charge in [-0.3, -0.25) is 9.59 Å². The molecule has 130 valence electrons. The Morgan fingerprint density at radius 1 is 1.25 bits per heavy atom. The van der Waals surface area contributed by atoms with Crippen LogP contribution < -0.4 is 5.32 Å². The Labute approximate surface area is 141 Å². The second kappa shape index (κ2) is 8.08. The summed E-state index contributed by atoms with van der Waals surface area (Å²) in [7, 11) is 0. The molecule has 0 fully saturated rings. The molecule has 1 aromatic rings. The van der Waals surface area contributed by atoms with Crippen molar-refractivity contribution in [2.45, 2.75) is 26.3 Å². The first-order valence-corrected chi connectivity index (χ1v) is 8.16. The van der Waals surface area contributed by atoms with Gasteiger partial charge in [0.1, 0.15) is 0 Å². The summed E-state index contributed by atoms with van der Waals surface area (Å²) in [6.45, 7) is 4.66. The normalized spacial score (nSPS) is 17.7. The highest BCUT2D eigenvalue weighted by Gasteiger charge is 2.41. The Balaban J connectivity index is 2.31. The van der Waals surface area contributed by atoms with Crippen LogP contribution in [-0.2, 0) is 16.0 Å². The maximum Gasteiger partial charge on any atom is 0.290 e. The second-order valence-corrected chi connectivity index (χ2v) is 5.79. The van der Waals surface area contributed by atoms with Crippen molar-refractivity contribution in [1.82, 2.24) is 10.2 Å². The highest BCUT2D eigenvalue weighted by Crippen LogP contribution is 2.37. The summed E-state index contributed by atoms with van der Waals surface area (Å²) in [4.78, 5) is 25.9. The molecule has 1 atom stereocenters. The maximum atomic E-state index is 12.4. The minimum Gasteiger partial charge on any atom is -0.503 e. The molecule has 1 aliphatic rings. The van der Waals surface area contributed by atoms with Crippen molar-refractivity contribution in [3.05, 3.63) is 46.7 Å². The molecule has 3 N–H and O–H groups in total. The van der Waals surface area contributed by atoms with Crippen LogP contribution in [0.25, 0.3) is 0 Å². The number of rotatable bonds is 8. The van der Waals surface area contributed by atoms with E-state index in [1.807, 2.05) is 24.3 Å². The molecule has 0 bridgehead atoms. The third-order valence-electron chi connectivity index (χ3n) is 4.20. The molecule has 2 rings (SSSR count). The lowest BCUT2D eigenvalue weighted by molar-refractivity contribution is -0.129. The van der Waals surface area contributed by atoms with Crippen molar-refractivity contribution in [3.8, 4) is 0 Å². The van der Waals surface area contributed by atoms with Gasteiger partial charge in [-0.2, -0.15) is 0 Å². The number of Topliss-reactive ketones (excluding diaryl/α,β-unsaturated/α-hetero) is 1. The summed E-state index contributed by atoms with van der Waals surface area (Å²) in [6, 6.07) is 7.15. The minimum absolute atomic E-state index is 0.0120. The summed E-state index contributed by atoms with van der Waals surface area (Å²) < 4.78 is 0. The van der Waals surface area contributed by atoms with Gasteiger partial charge in [0.05, 0.1) is 18.2 Å². The van der Waals surface area contributed by atoms with E-state index in [1.165, 1.54) is 11.8 Å². The number of aliphatic hydroxyl groups excluding tert-OH is 2. The third kappa shape index (κ3) is 3.66. The number of nitrogens with one attached hydrogen (secondary N) is 1. The van der Waals surface area contributed by atoms with Gasteiger partial charge in [0.2, 0.25) is 0 Å². The van der Waals surface area contributed by atoms with Gasteiger partial charge in [0.15, 0.2) is 11.5 Å². The average Bonchev–Trinajstić information content (AvgIpc) is 2.83. The Bertz CT molecular complexity index is 637. The van der Waals surface area contributed by atoms with Crippen LogP contribution in [-0.4, -0.2) is 53.0 Å². The molecule has 6 nitrogen and oxygen atoms in total. The van der Waals surface area contributed by atoms with Gasteiger partial charge < -0.3 is 20.4 Å². The summed E-state index contributed by atoms with van der Waals surface area (Å²) >= 11 is 0. The van der Waals surface area contributed by atoms with Crippen LogP contribution in [0.4, 0.5) is 0 Å². The zero-order chi connectivity index (χ0) is 17.7. The number of amides is 1. The molecule has 0 aliphatic carbocycles. The van der Waals surface area contributed by atoms with Crippen molar-refractivity contribution in [2.24, 2.45) is 0 Å². The zero-order valence-electron chi connectivity index (χ0n) is 14.1. The first kappa shape index (κ1) is 18.2. The molecule has 1 amide bonds. The number of benzene rings is 1. The molecule has 0 saturated carbocycles. The first-order chi connectivity index (χ1) is 11.5. The average molecular weight is 332 g/mol. The fourth-order valence-electron chi connectivity index (χ4n) is 2.93. The van der Waals surface area contributed by atoms with Gasteiger partial charge >= 0.3 is 0 Å². The molecule has 0 saturated heterocycles. The topological polar surface area (TPSA) is 89.9 Å². The largest absolute Gasteiger partial charge is 0.503 e. The number of carbonyl (C=O) groups excluding carboxylic acids is 2. The van der Waals surface area contributed by atoms with Crippen LogP contribution in [0.5, 0.6) is 0 Å². The molecule has 0 radical (unpaired) electrons. The molecular weight excluding hydrogens is 308 g/mol. The van der Waals surface area contributed by atoms with E-state index in [1.54, 1.807) is 0 Å². The molecule has 1 aromatic carbocycles. The second-order valence-electron chi connectivity index (χ2n) is 5.79. The Morgan fingerprint density at radius 3 is 2.46 bits per heavy atom. The van der Waals surface area contributed by atoms with E-state index in [-0.39, 0.29) is 18.0 Å². The number of aryl methyl sites for hydroxylation is 1. The lowest BCUT2D eigenvalue weighted by Crippen LogP contribution is -2.37. The smallest absolute Gasteiger partial charge is 0.290 e. The van der Waals surface area contributed by atoms with E-state index >= 15 is 0 Å². The van der Waals surface area contributed by atoms with E-state index in [0.29, 0.717) is 19.6 Å². The van der Waals surface area contributed by atoms with E-state index in [2.05, 4.69) is 12.2 Å². The summed E-state index contributed by atoms with van der Waals surface area (Å²) in [5.74, 6) is -1.30. The highest BCUT2D eigenvalue weighted by atomic mass is 16.3. The fourth-order valence-corrected chi connectivity index (χ4v) is 2.93. The van der Waals surface area contributed by atoms with Crippen LogP contribution in [0.3, 0.4) is 0 Å². The molecule has 1 heterocycles.